The molecule has 0 saturated heterocycles. The van der Waals surface area contributed by atoms with E-state index in [1.54, 1.807) is 7.11 Å². The molecule has 3 nitrogen and oxygen atoms in total. The number of rotatable bonds is 9. The van der Waals surface area contributed by atoms with E-state index in [0.29, 0.717) is 0 Å². The zero-order valence-corrected chi connectivity index (χ0v) is 11.4. The number of nitrogens with one attached hydrogen (secondary N) is 1. The molecule has 108 valence electrons. The summed E-state index contributed by atoms with van der Waals surface area (Å²) in [6.07, 6.45) is -1.47. The van der Waals surface area contributed by atoms with Crippen LogP contribution in [-0.2, 0) is 4.74 Å². The highest BCUT2D eigenvalue weighted by Gasteiger charge is 2.13. The Morgan fingerprint density at radius 3 is 2.68 bits per heavy atom. The second-order valence-corrected chi connectivity index (χ2v) is 4.21. The van der Waals surface area contributed by atoms with Crippen LogP contribution >= 0.6 is 0 Å². The second-order valence-electron chi connectivity index (χ2n) is 4.21. The fraction of sp³-hybridized carbons (Fsp3) is 0.571. The molecule has 0 amide bonds. The van der Waals surface area contributed by atoms with E-state index >= 15 is 0 Å². The third-order valence-corrected chi connectivity index (χ3v) is 2.67. The van der Waals surface area contributed by atoms with Gasteiger partial charge in [-0.25, -0.2) is 8.78 Å². The summed E-state index contributed by atoms with van der Waals surface area (Å²) in [4.78, 5) is 0. The normalized spacial score (nSPS) is 12.7. The Labute approximate surface area is 112 Å². The Morgan fingerprint density at radius 1 is 1.26 bits per heavy atom. The average molecular weight is 273 g/mol. The maximum absolute atomic E-state index is 12.1. The van der Waals surface area contributed by atoms with E-state index < -0.39 is 13.0 Å². The van der Waals surface area contributed by atoms with Gasteiger partial charge in [0, 0.05) is 0 Å². The van der Waals surface area contributed by atoms with Gasteiger partial charge in [-0.3, -0.25) is 0 Å². The van der Waals surface area contributed by atoms with Crippen LogP contribution in [0.25, 0.3) is 0 Å². The van der Waals surface area contributed by atoms with Crippen LogP contribution in [0.1, 0.15) is 24.9 Å². The summed E-state index contributed by atoms with van der Waals surface area (Å²) in [5, 5.41) is 3.29. The van der Waals surface area contributed by atoms with Gasteiger partial charge < -0.3 is 14.8 Å². The molecule has 1 aromatic rings. The molecule has 1 rings (SSSR count). The summed E-state index contributed by atoms with van der Waals surface area (Å²) < 4.78 is 34.4. The number of ether oxygens (including phenoxy) is 2. The van der Waals surface area contributed by atoms with Crippen LogP contribution < -0.4 is 10.1 Å². The Hall–Kier alpha value is -1.20. The number of halogens is 2. The Morgan fingerprint density at radius 2 is 2.05 bits per heavy atom. The highest BCUT2D eigenvalue weighted by molar-refractivity contribution is 5.30. The molecule has 0 saturated carbocycles. The Balaban J connectivity index is 2.65. The van der Waals surface area contributed by atoms with Gasteiger partial charge >= 0.3 is 0 Å². The molecule has 0 aromatic heterocycles. The summed E-state index contributed by atoms with van der Waals surface area (Å²) >= 11 is 0. The quantitative estimate of drug-likeness (QED) is 0.750. The summed E-state index contributed by atoms with van der Waals surface area (Å²) in [5.74, 6) is 0.745. The van der Waals surface area contributed by atoms with E-state index in [9.17, 15) is 8.78 Å². The standard InChI is InChI=1S/C14H21F2NO2/c1-3-7-17-13(9-19-10-14(15)16)11-5-4-6-12(8-11)18-2/h4-6,8,13-14,17H,3,7,9-10H2,1-2H3. The molecular formula is C14H21F2NO2. The van der Waals surface area contributed by atoms with Crippen LogP contribution in [0, 0.1) is 0 Å². The summed E-state index contributed by atoms with van der Waals surface area (Å²) in [7, 11) is 1.60. The van der Waals surface area contributed by atoms with Gasteiger partial charge in [-0.2, -0.15) is 0 Å². The number of hydrogen-bond donors (Lipinski definition) is 1. The lowest BCUT2D eigenvalue weighted by Crippen LogP contribution is -2.27. The topological polar surface area (TPSA) is 30.5 Å². The van der Waals surface area contributed by atoms with Crippen LogP contribution in [0.15, 0.2) is 24.3 Å². The minimum absolute atomic E-state index is 0.103. The lowest BCUT2D eigenvalue weighted by molar-refractivity contribution is 0.00919. The molecule has 1 unspecified atom stereocenters. The van der Waals surface area contributed by atoms with Crippen LogP contribution in [0.3, 0.4) is 0 Å². The maximum Gasteiger partial charge on any atom is 0.261 e. The second kappa shape index (κ2) is 8.82. The van der Waals surface area contributed by atoms with Crippen molar-refractivity contribution in [3.63, 3.8) is 0 Å². The van der Waals surface area contributed by atoms with Gasteiger partial charge in [-0.05, 0) is 30.7 Å². The Kier molecular flexibility index (Phi) is 7.36. The van der Waals surface area contributed by atoms with Gasteiger partial charge in [0.25, 0.3) is 6.43 Å². The van der Waals surface area contributed by atoms with E-state index in [-0.39, 0.29) is 12.6 Å². The maximum atomic E-state index is 12.1. The SMILES string of the molecule is CCCNC(COCC(F)F)c1cccc(OC)c1. The lowest BCUT2D eigenvalue weighted by atomic mass is 10.1. The molecule has 0 bridgehead atoms. The first-order valence-electron chi connectivity index (χ1n) is 6.40. The van der Waals surface area contributed by atoms with E-state index in [0.717, 1.165) is 24.3 Å². The first kappa shape index (κ1) is 15.9. The summed E-state index contributed by atoms with van der Waals surface area (Å²) in [6.45, 7) is 2.54. The molecule has 0 aliphatic heterocycles. The van der Waals surface area contributed by atoms with Crippen LogP contribution in [0.4, 0.5) is 8.78 Å². The van der Waals surface area contributed by atoms with Crippen LogP contribution in [0.5, 0.6) is 5.75 Å². The number of hydrogen-bond acceptors (Lipinski definition) is 3. The van der Waals surface area contributed by atoms with E-state index in [1.165, 1.54) is 0 Å². The molecule has 1 N–H and O–H groups in total. The van der Waals surface area contributed by atoms with E-state index in [1.807, 2.05) is 24.3 Å². The van der Waals surface area contributed by atoms with Gasteiger partial charge in [0.1, 0.15) is 12.4 Å². The van der Waals surface area contributed by atoms with Crippen molar-refractivity contribution in [3.8, 4) is 5.75 Å². The molecule has 0 spiro atoms. The van der Waals surface area contributed by atoms with Crippen molar-refractivity contribution in [1.82, 2.24) is 5.32 Å². The van der Waals surface area contributed by atoms with E-state index in [2.05, 4.69) is 12.2 Å². The third-order valence-electron chi connectivity index (χ3n) is 2.67. The predicted octanol–water partition coefficient (Wildman–Crippen LogP) is 3.02. The molecule has 5 heteroatoms. The average Bonchev–Trinajstić information content (AvgIpc) is 2.42. The van der Waals surface area contributed by atoms with Gasteiger partial charge in [-0.15, -0.1) is 0 Å². The first-order valence-corrected chi connectivity index (χ1v) is 6.40. The van der Waals surface area contributed by atoms with Crippen molar-refractivity contribution in [2.24, 2.45) is 0 Å². The van der Waals surface area contributed by atoms with Crippen molar-refractivity contribution in [2.75, 3.05) is 26.9 Å². The molecule has 1 aromatic carbocycles. The molecule has 0 aliphatic carbocycles. The molecular weight excluding hydrogens is 252 g/mol. The van der Waals surface area contributed by atoms with Gasteiger partial charge in [-0.1, -0.05) is 19.1 Å². The fourth-order valence-electron chi connectivity index (χ4n) is 1.72. The molecule has 1 atom stereocenters. The molecule has 0 radical (unpaired) electrons. The third kappa shape index (κ3) is 5.98. The largest absolute Gasteiger partial charge is 0.497 e. The Bertz CT molecular complexity index is 361. The van der Waals surface area contributed by atoms with Gasteiger partial charge in [0.15, 0.2) is 0 Å². The number of benzene rings is 1. The van der Waals surface area contributed by atoms with Crippen LogP contribution in [-0.4, -0.2) is 33.3 Å². The lowest BCUT2D eigenvalue weighted by Gasteiger charge is -2.19. The highest BCUT2D eigenvalue weighted by Crippen LogP contribution is 2.19. The molecule has 0 heterocycles. The fourth-order valence-corrected chi connectivity index (χ4v) is 1.72. The zero-order chi connectivity index (χ0) is 14.1. The van der Waals surface area contributed by atoms with Crippen molar-refractivity contribution in [2.45, 2.75) is 25.8 Å². The van der Waals surface area contributed by atoms with Gasteiger partial charge in [0.2, 0.25) is 0 Å². The van der Waals surface area contributed by atoms with Crippen molar-refractivity contribution in [3.05, 3.63) is 29.8 Å². The minimum atomic E-state index is -2.43. The van der Waals surface area contributed by atoms with Crippen molar-refractivity contribution < 1.29 is 18.3 Å². The van der Waals surface area contributed by atoms with Crippen LogP contribution in [0.2, 0.25) is 0 Å². The predicted molar refractivity (Wildman–Crippen MR) is 70.9 cm³/mol. The molecule has 0 aliphatic rings. The highest BCUT2D eigenvalue weighted by atomic mass is 19.3. The van der Waals surface area contributed by atoms with Crippen molar-refractivity contribution in [1.29, 1.82) is 0 Å². The van der Waals surface area contributed by atoms with E-state index in [4.69, 9.17) is 9.47 Å². The monoisotopic (exact) mass is 273 g/mol. The number of alkyl halides is 2. The molecule has 19 heavy (non-hydrogen) atoms. The van der Waals surface area contributed by atoms with Gasteiger partial charge in [0.05, 0.1) is 19.8 Å². The summed E-state index contributed by atoms with van der Waals surface area (Å²) in [5.41, 5.74) is 0.974. The first-order chi connectivity index (χ1) is 9.17. The number of methoxy groups -OCH3 is 1. The smallest absolute Gasteiger partial charge is 0.261 e. The van der Waals surface area contributed by atoms with Crippen molar-refractivity contribution >= 4 is 0 Å². The molecule has 0 fully saturated rings. The summed E-state index contributed by atoms with van der Waals surface area (Å²) in [6, 6.07) is 7.44. The zero-order valence-electron chi connectivity index (χ0n) is 11.4. The minimum Gasteiger partial charge on any atom is -0.497 e.